The van der Waals surface area contributed by atoms with Gasteiger partial charge in [0.2, 0.25) is 0 Å². The first-order valence-electron chi connectivity index (χ1n) is 12.0. The molecule has 1 fully saturated rings. The third kappa shape index (κ3) is 5.39. The molecule has 0 saturated carbocycles. The van der Waals surface area contributed by atoms with Gasteiger partial charge < -0.3 is 10.2 Å². The van der Waals surface area contributed by atoms with Crippen molar-refractivity contribution in [3.05, 3.63) is 82.7 Å². The molecule has 0 aliphatic carbocycles. The largest absolute Gasteiger partial charge is 0.370 e. The molecule has 2 aromatic rings. The van der Waals surface area contributed by atoms with E-state index < -0.39 is 11.6 Å². The van der Waals surface area contributed by atoms with Crippen molar-refractivity contribution in [1.29, 1.82) is 0 Å². The maximum atomic E-state index is 14.1. The first kappa shape index (κ1) is 23.8. The second kappa shape index (κ2) is 10.7. The number of anilines is 2. The van der Waals surface area contributed by atoms with Gasteiger partial charge in [-0.15, -0.1) is 6.42 Å². The van der Waals surface area contributed by atoms with Crippen LogP contribution in [0.15, 0.2) is 64.9 Å². The van der Waals surface area contributed by atoms with E-state index in [1.807, 2.05) is 18.3 Å². The van der Waals surface area contributed by atoms with Crippen molar-refractivity contribution in [3.63, 3.8) is 0 Å². The predicted molar refractivity (Wildman–Crippen MR) is 137 cm³/mol. The van der Waals surface area contributed by atoms with E-state index in [2.05, 4.69) is 40.7 Å². The van der Waals surface area contributed by atoms with Crippen molar-refractivity contribution in [3.8, 4) is 12.3 Å². The van der Waals surface area contributed by atoms with E-state index >= 15 is 0 Å². The maximum Gasteiger partial charge on any atom is 0.129 e. The third-order valence-corrected chi connectivity index (χ3v) is 6.66. The summed E-state index contributed by atoms with van der Waals surface area (Å²) in [7, 11) is 0. The van der Waals surface area contributed by atoms with Crippen LogP contribution in [0.1, 0.15) is 50.2 Å². The number of halogens is 2. The smallest absolute Gasteiger partial charge is 0.129 e. The van der Waals surface area contributed by atoms with E-state index in [0.29, 0.717) is 17.9 Å². The minimum Gasteiger partial charge on any atom is -0.370 e. The Morgan fingerprint density at radius 3 is 2.71 bits per heavy atom. The van der Waals surface area contributed by atoms with Gasteiger partial charge in [0, 0.05) is 37.4 Å². The average Bonchev–Trinajstić information content (AvgIpc) is 3.30. The number of aliphatic imine (C=N–C) groups is 1. The number of allylic oxidation sites excluding steroid dienone is 1. The van der Waals surface area contributed by atoms with Gasteiger partial charge in [-0.1, -0.05) is 31.9 Å². The summed E-state index contributed by atoms with van der Waals surface area (Å²) >= 11 is 0. The minimum atomic E-state index is -0.533. The molecule has 34 heavy (non-hydrogen) atoms. The van der Waals surface area contributed by atoms with Crippen LogP contribution >= 0.6 is 0 Å². The number of nitrogens with one attached hydrogen (secondary N) is 1. The Bertz CT molecular complexity index is 1160. The van der Waals surface area contributed by atoms with Gasteiger partial charge >= 0.3 is 0 Å². The van der Waals surface area contributed by atoms with Crippen LogP contribution in [0.3, 0.4) is 0 Å². The highest BCUT2D eigenvalue weighted by molar-refractivity contribution is 5.77. The number of rotatable bonds is 8. The summed E-state index contributed by atoms with van der Waals surface area (Å²) in [5.74, 6) is 2.10. The molecular weight excluding hydrogens is 428 g/mol. The highest BCUT2D eigenvalue weighted by Crippen LogP contribution is 2.35. The molecule has 0 spiro atoms. The monoisotopic (exact) mass is 459 g/mol. The van der Waals surface area contributed by atoms with Crippen LogP contribution in [0.2, 0.25) is 0 Å². The van der Waals surface area contributed by atoms with E-state index in [-0.39, 0.29) is 0 Å². The van der Waals surface area contributed by atoms with Crippen LogP contribution in [0.25, 0.3) is 0 Å². The van der Waals surface area contributed by atoms with Crippen LogP contribution in [0, 0.1) is 29.9 Å². The SMILES string of the molecule is C#Cc1ccc(N2CCC(Cc3ccc(F)cc3F)CC2)c(NC(=C)C2=C(CCC)CC=N2)c1. The molecule has 1 saturated heterocycles. The molecule has 4 rings (SSSR count). The number of terminal acetylenes is 1. The molecule has 2 heterocycles. The zero-order valence-electron chi connectivity index (χ0n) is 19.7. The van der Waals surface area contributed by atoms with Crippen LogP contribution in [-0.4, -0.2) is 19.3 Å². The Morgan fingerprint density at radius 1 is 1.21 bits per heavy atom. The second-order valence-electron chi connectivity index (χ2n) is 9.07. The predicted octanol–water partition coefficient (Wildman–Crippen LogP) is 6.86. The third-order valence-electron chi connectivity index (χ3n) is 6.66. The van der Waals surface area contributed by atoms with E-state index in [4.69, 9.17) is 6.42 Å². The van der Waals surface area contributed by atoms with Crippen LogP contribution in [0.5, 0.6) is 0 Å². The number of hydrogen-bond donors (Lipinski definition) is 1. The van der Waals surface area contributed by atoms with Crippen molar-refractivity contribution in [2.45, 2.75) is 45.4 Å². The molecule has 0 amide bonds. The summed E-state index contributed by atoms with van der Waals surface area (Å²) in [5, 5.41) is 3.49. The van der Waals surface area contributed by atoms with Gasteiger partial charge in [-0.25, -0.2) is 8.78 Å². The average molecular weight is 460 g/mol. The molecule has 0 aromatic heterocycles. The lowest BCUT2D eigenvalue weighted by Gasteiger charge is -2.35. The Labute approximate surface area is 201 Å². The van der Waals surface area contributed by atoms with Crippen molar-refractivity contribution in [2.24, 2.45) is 10.9 Å². The minimum absolute atomic E-state index is 0.363. The standard InChI is InChI=1S/C29H31F2N3/c1-4-6-23-11-14-32-29(23)20(3)33-27-18-21(5-2)7-10-28(27)34-15-12-22(13-16-34)17-24-8-9-25(30)19-26(24)31/h2,7-10,14,18-19,22,33H,3-4,6,11-13,15-17H2,1H3. The Kier molecular flexibility index (Phi) is 7.47. The lowest BCUT2D eigenvalue weighted by atomic mass is 9.89. The molecule has 0 atom stereocenters. The molecule has 3 nitrogen and oxygen atoms in total. The van der Waals surface area contributed by atoms with Gasteiger partial charge in [-0.3, -0.25) is 4.99 Å². The van der Waals surface area contributed by atoms with Crippen molar-refractivity contribution < 1.29 is 8.78 Å². The van der Waals surface area contributed by atoms with Crippen LogP contribution in [-0.2, 0) is 6.42 Å². The molecular formula is C29H31F2N3. The molecule has 5 heteroatoms. The molecule has 176 valence electrons. The van der Waals surface area contributed by atoms with E-state index in [9.17, 15) is 8.78 Å². The fourth-order valence-corrected chi connectivity index (χ4v) is 4.85. The Hall–Kier alpha value is -3.39. The lowest BCUT2D eigenvalue weighted by Crippen LogP contribution is -2.34. The van der Waals surface area contributed by atoms with Crippen LogP contribution in [0.4, 0.5) is 20.2 Å². The summed E-state index contributed by atoms with van der Waals surface area (Å²) in [4.78, 5) is 6.90. The maximum absolute atomic E-state index is 14.1. The molecule has 0 radical (unpaired) electrons. The zero-order valence-corrected chi connectivity index (χ0v) is 19.7. The second-order valence-corrected chi connectivity index (χ2v) is 9.07. The summed E-state index contributed by atoms with van der Waals surface area (Å²) in [5.41, 5.74) is 6.43. The molecule has 2 aromatic carbocycles. The van der Waals surface area contributed by atoms with Crippen molar-refractivity contribution >= 4 is 17.6 Å². The molecule has 2 aliphatic rings. The van der Waals surface area contributed by atoms with Crippen molar-refractivity contribution in [1.82, 2.24) is 0 Å². The topological polar surface area (TPSA) is 27.6 Å². The van der Waals surface area contributed by atoms with E-state index in [1.54, 1.807) is 6.07 Å². The molecule has 2 aliphatic heterocycles. The normalized spacial score (nSPS) is 16.1. The Morgan fingerprint density at radius 2 is 2.00 bits per heavy atom. The highest BCUT2D eigenvalue weighted by atomic mass is 19.1. The first-order valence-corrected chi connectivity index (χ1v) is 12.0. The number of nitrogens with zero attached hydrogens (tertiary/aromatic N) is 2. The lowest BCUT2D eigenvalue weighted by molar-refractivity contribution is 0.397. The Balaban J connectivity index is 1.47. The number of benzene rings is 2. The molecule has 1 N–H and O–H groups in total. The summed E-state index contributed by atoms with van der Waals surface area (Å²) in [6.45, 7) is 8.14. The van der Waals surface area contributed by atoms with Gasteiger partial charge in [0.15, 0.2) is 0 Å². The van der Waals surface area contributed by atoms with Gasteiger partial charge in [0.05, 0.1) is 22.8 Å². The van der Waals surface area contributed by atoms with Crippen molar-refractivity contribution in [2.75, 3.05) is 23.3 Å². The van der Waals surface area contributed by atoms with E-state index in [0.717, 1.165) is 79.6 Å². The van der Waals surface area contributed by atoms with Gasteiger partial charge in [0.1, 0.15) is 11.6 Å². The quantitative estimate of drug-likeness (QED) is 0.437. The van der Waals surface area contributed by atoms with Gasteiger partial charge in [-0.2, -0.15) is 0 Å². The van der Waals surface area contributed by atoms with Crippen LogP contribution < -0.4 is 10.2 Å². The zero-order chi connectivity index (χ0) is 24.1. The van der Waals surface area contributed by atoms with Gasteiger partial charge in [0.25, 0.3) is 0 Å². The summed E-state index contributed by atoms with van der Waals surface area (Å²) < 4.78 is 27.3. The molecule has 0 bridgehead atoms. The summed E-state index contributed by atoms with van der Waals surface area (Å²) in [6.07, 6.45) is 13.1. The first-order chi connectivity index (χ1) is 16.5. The van der Waals surface area contributed by atoms with E-state index in [1.165, 1.54) is 11.6 Å². The fraction of sp³-hybridized carbons (Fsp3) is 0.345. The fourth-order valence-electron chi connectivity index (χ4n) is 4.85. The number of hydrogen-bond acceptors (Lipinski definition) is 3. The van der Waals surface area contributed by atoms with Gasteiger partial charge in [-0.05, 0) is 67.0 Å². The highest BCUT2D eigenvalue weighted by Gasteiger charge is 2.23. The molecule has 0 unspecified atom stereocenters. The summed E-state index contributed by atoms with van der Waals surface area (Å²) in [6, 6.07) is 9.87. The number of piperidine rings is 1.